The molecule has 1 N–H and O–H groups in total. The van der Waals surface area contributed by atoms with Gasteiger partial charge in [-0.1, -0.05) is 58.9 Å². The summed E-state index contributed by atoms with van der Waals surface area (Å²) in [5.74, 6) is -0.428. The molecule has 1 saturated heterocycles. The molecule has 2 aromatic rings. The summed E-state index contributed by atoms with van der Waals surface area (Å²) in [6, 6.07) is 12.6. The number of hydrogen-bond acceptors (Lipinski definition) is 5. The smallest absolute Gasteiger partial charge is 0.295 e. The number of aliphatic hydroxyl groups is 1. The van der Waals surface area contributed by atoms with E-state index in [1.807, 2.05) is 43.3 Å². The van der Waals surface area contributed by atoms with Gasteiger partial charge in [-0.15, -0.1) is 0 Å². The van der Waals surface area contributed by atoms with Gasteiger partial charge in [0.05, 0.1) is 24.8 Å². The van der Waals surface area contributed by atoms with E-state index >= 15 is 0 Å². The molecule has 3 rings (SSSR count). The van der Waals surface area contributed by atoms with Gasteiger partial charge >= 0.3 is 0 Å². The molecule has 0 aromatic heterocycles. The van der Waals surface area contributed by atoms with Crippen LogP contribution in [0.2, 0.25) is 0 Å². The highest BCUT2D eigenvalue weighted by Crippen LogP contribution is 2.41. The molecule has 1 aliphatic heterocycles. The molecule has 0 aliphatic carbocycles. The summed E-state index contributed by atoms with van der Waals surface area (Å²) in [6.07, 6.45) is 0. The second kappa shape index (κ2) is 10.6. The molecule has 2 aromatic carbocycles. The molecular weight excluding hydrogens is 442 g/mol. The molecule has 1 aliphatic rings. The number of carbonyl (C=O) groups excluding carboxylic acids is 2. The van der Waals surface area contributed by atoms with Gasteiger partial charge in [-0.05, 0) is 47.6 Å². The van der Waals surface area contributed by atoms with E-state index in [0.717, 1.165) is 22.4 Å². The molecule has 0 bridgehead atoms. The van der Waals surface area contributed by atoms with E-state index in [1.165, 1.54) is 4.90 Å². The minimum atomic E-state index is -0.698. The topological polar surface area (TPSA) is 76.1 Å². The summed E-state index contributed by atoms with van der Waals surface area (Å²) in [6.45, 7) is 13.4. The van der Waals surface area contributed by atoms with Crippen LogP contribution in [0.4, 0.5) is 0 Å². The fraction of sp³-hybridized carbons (Fsp3) is 0.448. The number of aliphatic hydroxyl groups excluding tert-OH is 1. The van der Waals surface area contributed by atoms with Gasteiger partial charge < -0.3 is 19.5 Å². The largest absolute Gasteiger partial charge is 0.507 e. The third-order valence-electron chi connectivity index (χ3n) is 6.36. The number of likely N-dealkylation sites (tertiary alicyclic amines) is 1. The predicted molar refractivity (Wildman–Crippen MR) is 138 cm³/mol. The van der Waals surface area contributed by atoms with E-state index in [-0.39, 0.29) is 29.9 Å². The molecular formula is C29H37NO5. The zero-order valence-corrected chi connectivity index (χ0v) is 21.8. The first-order valence-corrected chi connectivity index (χ1v) is 12.2. The summed E-state index contributed by atoms with van der Waals surface area (Å²) in [5, 5.41) is 11.4. The summed E-state index contributed by atoms with van der Waals surface area (Å²) in [7, 11) is 1.55. The molecule has 188 valence electrons. The Morgan fingerprint density at radius 3 is 2.29 bits per heavy atom. The van der Waals surface area contributed by atoms with Crippen LogP contribution in [0, 0.1) is 0 Å². The summed E-state index contributed by atoms with van der Waals surface area (Å²) in [5.41, 5.74) is 3.16. The van der Waals surface area contributed by atoms with Gasteiger partial charge in [0, 0.05) is 24.8 Å². The van der Waals surface area contributed by atoms with Crippen molar-refractivity contribution in [3.63, 3.8) is 0 Å². The quantitative estimate of drug-likeness (QED) is 0.304. The van der Waals surface area contributed by atoms with E-state index in [4.69, 9.17) is 9.47 Å². The van der Waals surface area contributed by atoms with Gasteiger partial charge in [0.1, 0.15) is 11.5 Å². The van der Waals surface area contributed by atoms with Crippen molar-refractivity contribution < 1.29 is 24.2 Å². The number of rotatable bonds is 8. The monoisotopic (exact) mass is 479 g/mol. The van der Waals surface area contributed by atoms with Crippen molar-refractivity contribution in [2.24, 2.45) is 0 Å². The molecule has 1 atom stereocenters. The maximum absolute atomic E-state index is 13.2. The first-order chi connectivity index (χ1) is 16.5. The number of amides is 1. The molecule has 35 heavy (non-hydrogen) atoms. The Morgan fingerprint density at radius 2 is 1.74 bits per heavy atom. The van der Waals surface area contributed by atoms with Gasteiger partial charge in [0.2, 0.25) is 0 Å². The third kappa shape index (κ3) is 5.43. The van der Waals surface area contributed by atoms with E-state index < -0.39 is 17.7 Å². The second-order valence-corrected chi connectivity index (χ2v) is 10.2. The molecule has 6 nitrogen and oxygen atoms in total. The van der Waals surface area contributed by atoms with Crippen molar-refractivity contribution in [2.75, 3.05) is 26.9 Å². The number of hydrogen-bond donors (Lipinski definition) is 1. The van der Waals surface area contributed by atoms with E-state index in [9.17, 15) is 14.7 Å². The SMILES string of the molecule is CCOc1ccc(/C(O)=C2/C(=O)C(=O)N(CCOC)C2c2ccc(C(C)C)cc2)cc1C(C)(C)C. The average molecular weight is 480 g/mol. The van der Waals surface area contributed by atoms with E-state index in [1.54, 1.807) is 13.2 Å². The zero-order chi connectivity index (χ0) is 25.9. The molecule has 0 spiro atoms. The van der Waals surface area contributed by atoms with Gasteiger partial charge in [-0.3, -0.25) is 9.59 Å². The van der Waals surface area contributed by atoms with Gasteiger partial charge in [0.25, 0.3) is 11.7 Å². The highest BCUT2D eigenvalue weighted by molar-refractivity contribution is 6.46. The second-order valence-electron chi connectivity index (χ2n) is 10.2. The molecule has 6 heteroatoms. The van der Waals surface area contributed by atoms with Crippen molar-refractivity contribution in [1.82, 2.24) is 4.90 Å². The van der Waals surface area contributed by atoms with E-state index in [0.29, 0.717) is 18.1 Å². The number of carbonyl (C=O) groups is 2. The van der Waals surface area contributed by atoms with Crippen molar-refractivity contribution in [1.29, 1.82) is 0 Å². The Balaban J connectivity index is 2.19. The maximum atomic E-state index is 13.2. The Labute approximate surface area is 208 Å². The van der Waals surface area contributed by atoms with Crippen LogP contribution < -0.4 is 4.74 Å². The minimum Gasteiger partial charge on any atom is -0.507 e. The number of Topliss-reactive ketones (excluding diaryl/α,β-unsaturated/α-hetero) is 1. The number of methoxy groups -OCH3 is 1. The van der Waals surface area contributed by atoms with Crippen molar-refractivity contribution in [3.05, 3.63) is 70.3 Å². The van der Waals surface area contributed by atoms with Crippen LogP contribution in [-0.4, -0.2) is 48.6 Å². The molecule has 1 heterocycles. The van der Waals surface area contributed by atoms with Crippen molar-refractivity contribution in [2.45, 2.75) is 58.9 Å². The predicted octanol–water partition coefficient (Wildman–Crippen LogP) is 5.57. The molecule has 1 fully saturated rings. The van der Waals surface area contributed by atoms with Crippen LogP contribution in [0.3, 0.4) is 0 Å². The van der Waals surface area contributed by atoms with Gasteiger partial charge in [-0.25, -0.2) is 0 Å². The lowest BCUT2D eigenvalue weighted by Gasteiger charge is -2.26. The fourth-order valence-corrected chi connectivity index (χ4v) is 4.41. The summed E-state index contributed by atoms with van der Waals surface area (Å²) >= 11 is 0. The average Bonchev–Trinajstić information content (AvgIpc) is 3.06. The van der Waals surface area contributed by atoms with Crippen LogP contribution in [0.1, 0.15) is 75.8 Å². The highest BCUT2D eigenvalue weighted by Gasteiger charge is 2.46. The van der Waals surface area contributed by atoms with Crippen LogP contribution in [0.15, 0.2) is 48.0 Å². The zero-order valence-electron chi connectivity index (χ0n) is 21.8. The highest BCUT2D eigenvalue weighted by atomic mass is 16.5. The lowest BCUT2D eigenvalue weighted by molar-refractivity contribution is -0.140. The maximum Gasteiger partial charge on any atom is 0.295 e. The lowest BCUT2D eigenvalue weighted by atomic mass is 9.84. The van der Waals surface area contributed by atoms with Crippen LogP contribution in [0.5, 0.6) is 5.75 Å². The Morgan fingerprint density at radius 1 is 1.09 bits per heavy atom. The number of ether oxygens (including phenoxy) is 2. The molecule has 1 amide bonds. The van der Waals surface area contributed by atoms with Crippen LogP contribution in [-0.2, 0) is 19.7 Å². The van der Waals surface area contributed by atoms with Crippen molar-refractivity contribution in [3.8, 4) is 5.75 Å². The Hall–Kier alpha value is -3.12. The van der Waals surface area contributed by atoms with Crippen LogP contribution >= 0.6 is 0 Å². The van der Waals surface area contributed by atoms with Crippen LogP contribution in [0.25, 0.3) is 5.76 Å². The third-order valence-corrected chi connectivity index (χ3v) is 6.36. The normalized spacial score (nSPS) is 17.9. The minimum absolute atomic E-state index is 0.0902. The molecule has 0 saturated carbocycles. The fourth-order valence-electron chi connectivity index (χ4n) is 4.41. The lowest BCUT2D eigenvalue weighted by Crippen LogP contribution is -2.32. The van der Waals surface area contributed by atoms with Crippen molar-refractivity contribution >= 4 is 17.4 Å². The molecule has 1 unspecified atom stereocenters. The summed E-state index contributed by atoms with van der Waals surface area (Å²) < 4.78 is 11.0. The number of benzene rings is 2. The first-order valence-electron chi connectivity index (χ1n) is 12.2. The van der Waals surface area contributed by atoms with E-state index in [2.05, 4.69) is 34.6 Å². The Bertz CT molecular complexity index is 1110. The number of ketones is 1. The summed E-state index contributed by atoms with van der Waals surface area (Å²) in [4.78, 5) is 27.8. The first kappa shape index (κ1) is 26.5. The Kier molecular flexibility index (Phi) is 8.06. The number of nitrogens with zero attached hydrogens (tertiary/aromatic N) is 1. The molecule has 0 radical (unpaired) electrons. The van der Waals surface area contributed by atoms with Gasteiger partial charge in [0.15, 0.2) is 0 Å². The van der Waals surface area contributed by atoms with Gasteiger partial charge in [-0.2, -0.15) is 0 Å². The standard InChI is InChI=1S/C29H37NO5/c1-8-35-23-14-13-21(17-22(23)29(4,5)6)26(31)24-25(20-11-9-19(10-12-20)18(2)3)30(15-16-34-7)28(33)27(24)32/h9-14,17-18,25,31H,8,15-16H2,1-7H3/b26-24-.